The molecule has 0 aromatic carbocycles. The predicted molar refractivity (Wildman–Crippen MR) is 125 cm³/mol. The van der Waals surface area contributed by atoms with Gasteiger partial charge in [0.15, 0.2) is 16.6 Å². The van der Waals surface area contributed by atoms with Gasteiger partial charge in [0.25, 0.3) is 0 Å². The number of hydrogen-bond donors (Lipinski definition) is 0. The molecule has 1 aliphatic rings. The van der Waals surface area contributed by atoms with Crippen molar-refractivity contribution < 1.29 is 8.85 Å². The van der Waals surface area contributed by atoms with Crippen LogP contribution < -0.4 is 0 Å². The molecule has 4 heteroatoms. The Bertz CT molecular complexity index is 455. The van der Waals surface area contributed by atoms with Gasteiger partial charge in [-0.1, -0.05) is 62.3 Å². The van der Waals surface area contributed by atoms with Crippen LogP contribution in [0.2, 0.25) is 39.3 Å². The molecule has 0 radical (unpaired) electrons. The van der Waals surface area contributed by atoms with Crippen LogP contribution >= 0.6 is 0 Å². The van der Waals surface area contributed by atoms with Gasteiger partial charge in [0.1, 0.15) is 0 Å². The summed E-state index contributed by atoms with van der Waals surface area (Å²) < 4.78 is 14.0. The van der Waals surface area contributed by atoms with Crippen LogP contribution in [0.15, 0.2) is 0 Å². The maximum absolute atomic E-state index is 6.98. The standard InChI is InChI=1S/C23H50O2Si2/c1-21(2,3)16-17(22(4,5)6)19(24-26(10,11)12)20(25-27(13,14)15)18(16)23(7,8)9/h16-20H,1-15H3. The quantitative estimate of drug-likeness (QED) is 0.445. The smallest absolute Gasteiger partial charge is 0.184 e. The Morgan fingerprint density at radius 1 is 0.444 bits per heavy atom. The van der Waals surface area contributed by atoms with E-state index in [0.717, 1.165) is 0 Å². The zero-order chi connectivity index (χ0) is 21.8. The molecule has 27 heavy (non-hydrogen) atoms. The molecule has 0 heterocycles. The first-order valence-corrected chi connectivity index (χ1v) is 17.7. The normalized spacial score (nSPS) is 31.4. The summed E-state index contributed by atoms with van der Waals surface area (Å²) >= 11 is 0. The van der Waals surface area contributed by atoms with Gasteiger partial charge >= 0.3 is 0 Å². The van der Waals surface area contributed by atoms with E-state index in [-0.39, 0.29) is 28.5 Å². The third kappa shape index (κ3) is 6.69. The van der Waals surface area contributed by atoms with Crippen LogP contribution in [0.5, 0.6) is 0 Å². The van der Waals surface area contributed by atoms with Gasteiger partial charge in [0.2, 0.25) is 0 Å². The summed E-state index contributed by atoms with van der Waals surface area (Å²) in [6.45, 7) is 35.7. The zero-order valence-corrected chi connectivity index (χ0v) is 23.2. The second kappa shape index (κ2) is 7.55. The minimum atomic E-state index is -1.70. The molecule has 1 fully saturated rings. The first-order valence-electron chi connectivity index (χ1n) is 10.9. The van der Waals surface area contributed by atoms with Gasteiger partial charge in [0, 0.05) is 0 Å². The number of hydrogen-bond acceptors (Lipinski definition) is 2. The van der Waals surface area contributed by atoms with E-state index in [0.29, 0.717) is 17.8 Å². The van der Waals surface area contributed by atoms with Crippen LogP contribution in [0.1, 0.15) is 62.3 Å². The molecule has 0 aromatic rings. The second-order valence-electron chi connectivity index (χ2n) is 14.1. The lowest BCUT2D eigenvalue weighted by Crippen LogP contribution is -2.49. The fourth-order valence-corrected chi connectivity index (χ4v) is 7.47. The van der Waals surface area contributed by atoms with E-state index in [1.165, 1.54) is 0 Å². The van der Waals surface area contributed by atoms with Gasteiger partial charge < -0.3 is 8.85 Å². The van der Waals surface area contributed by atoms with Gasteiger partial charge in [-0.15, -0.1) is 0 Å². The summed E-state index contributed by atoms with van der Waals surface area (Å²) in [5, 5.41) is 0. The summed E-state index contributed by atoms with van der Waals surface area (Å²) in [5.74, 6) is 1.56. The number of rotatable bonds is 4. The van der Waals surface area contributed by atoms with Crippen LogP contribution in [0, 0.1) is 34.0 Å². The van der Waals surface area contributed by atoms with Crippen molar-refractivity contribution in [1.29, 1.82) is 0 Å². The lowest BCUT2D eigenvalue weighted by molar-refractivity contribution is -0.0103. The highest BCUT2D eigenvalue weighted by Crippen LogP contribution is 2.60. The van der Waals surface area contributed by atoms with Gasteiger partial charge in [-0.2, -0.15) is 0 Å². The van der Waals surface area contributed by atoms with E-state index >= 15 is 0 Å². The van der Waals surface area contributed by atoms with Crippen LogP contribution in [-0.2, 0) is 8.85 Å². The van der Waals surface area contributed by atoms with Crippen molar-refractivity contribution in [3.8, 4) is 0 Å². The largest absolute Gasteiger partial charge is 0.412 e. The highest BCUT2D eigenvalue weighted by Gasteiger charge is 2.62. The SMILES string of the molecule is CC(C)(C)C1C(O[Si](C)(C)C)C(O[Si](C)(C)C)C(C(C)(C)C)C1C(C)(C)C. The summed E-state index contributed by atoms with van der Waals surface area (Å²) in [4.78, 5) is 0. The van der Waals surface area contributed by atoms with Crippen molar-refractivity contribution in [3.05, 3.63) is 0 Å². The fourth-order valence-electron chi connectivity index (χ4n) is 5.28. The Balaban J connectivity index is 3.69. The maximum atomic E-state index is 6.98. The second-order valence-corrected chi connectivity index (χ2v) is 23.0. The molecule has 0 bridgehead atoms. The first kappa shape index (κ1) is 25.4. The average molecular weight is 415 g/mol. The monoisotopic (exact) mass is 414 g/mol. The van der Waals surface area contributed by atoms with Crippen LogP contribution in [0.3, 0.4) is 0 Å². The van der Waals surface area contributed by atoms with Crippen LogP contribution in [0.25, 0.3) is 0 Å². The molecule has 0 spiro atoms. The lowest BCUT2D eigenvalue weighted by Gasteiger charge is -2.46. The van der Waals surface area contributed by atoms with Crippen molar-refractivity contribution in [3.63, 3.8) is 0 Å². The molecular formula is C23H50O2Si2. The van der Waals surface area contributed by atoms with Crippen LogP contribution in [0.4, 0.5) is 0 Å². The van der Waals surface area contributed by atoms with E-state index in [1.807, 2.05) is 0 Å². The predicted octanol–water partition coefficient (Wildman–Crippen LogP) is 7.43. The third-order valence-corrected chi connectivity index (χ3v) is 7.74. The molecule has 4 unspecified atom stereocenters. The fraction of sp³-hybridized carbons (Fsp3) is 1.00. The van der Waals surface area contributed by atoms with E-state index in [2.05, 4.69) is 102 Å². The Labute approximate surface area is 173 Å². The summed E-state index contributed by atoms with van der Waals surface area (Å²) in [5.41, 5.74) is 0.584. The van der Waals surface area contributed by atoms with E-state index in [4.69, 9.17) is 8.85 Å². The highest BCUT2D eigenvalue weighted by atomic mass is 28.4. The topological polar surface area (TPSA) is 18.5 Å². The maximum Gasteiger partial charge on any atom is 0.184 e. The van der Waals surface area contributed by atoms with Crippen molar-refractivity contribution in [1.82, 2.24) is 0 Å². The Morgan fingerprint density at radius 3 is 0.815 bits per heavy atom. The molecule has 0 N–H and O–H groups in total. The molecular weight excluding hydrogens is 364 g/mol. The van der Waals surface area contributed by atoms with Gasteiger partial charge in [0.05, 0.1) is 12.2 Å². The molecule has 1 rings (SSSR count). The summed E-state index contributed by atoms with van der Waals surface area (Å²) in [6, 6.07) is 0. The van der Waals surface area contributed by atoms with Gasteiger partial charge in [-0.05, 0) is 73.3 Å². The molecule has 2 nitrogen and oxygen atoms in total. The molecule has 4 atom stereocenters. The molecule has 0 saturated heterocycles. The highest BCUT2D eigenvalue weighted by molar-refractivity contribution is 6.70. The summed E-state index contributed by atoms with van der Waals surface area (Å²) in [7, 11) is -3.40. The summed E-state index contributed by atoms with van der Waals surface area (Å²) in [6.07, 6.45) is 0.383. The van der Waals surface area contributed by atoms with Crippen molar-refractivity contribution in [2.24, 2.45) is 34.0 Å². The van der Waals surface area contributed by atoms with Gasteiger partial charge in [-0.25, -0.2) is 0 Å². The minimum Gasteiger partial charge on any atom is -0.412 e. The van der Waals surface area contributed by atoms with Crippen LogP contribution in [-0.4, -0.2) is 28.8 Å². The molecule has 162 valence electrons. The minimum absolute atomic E-state index is 0.184. The molecule has 0 aromatic heterocycles. The Hall–Kier alpha value is 0.354. The van der Waals surface area contributed by atoms with Gasteiger partial charge in [-0.3, -0.25) is 0 Å². The van der Waals surface area contributed by atoms with E-state index in [1.54, 1.807) is 0 Å². The first-order chi connectivity index (χ1) is 11.6. The van der Waals surface area contributed by atoms with E-state index in [9.17, 15) is 0 Å². The molecule has 1 saturated carbocycles. The van der Waals surface area contributed by atoms with E-state index < -0.39 is 16.6 Å². The molecule has 0 aliphatic heterocycles. The molecule has 0 amide bonds. The Morgan fingerprint density at radius 2 is 0.667 bits per heavy atom. The lowest BCUT2D eigenvalue weighted by atomic mass is 9.59. The zero-order valence-electron chi connectivity index (χ0n) is 21.2. The Kier molecular flexibility index (Phi) is 7.10. The van der Waals surface area contributed by atoms with Crippen molar-refractivity contribution >= 4 is 16.6 Å². The average Bonchev–Trinajstić information content (AvgIpc) is 2.58. The third-order valence-electron chi connectivity index (χ3n) is 5.78. The molecule has 1 aliphatic carbocycles. The van der Waals surface area contributed by atoms with Crippen molar-refractivity contribution in [2.45, 2.75) is 114 Å². The van der Waals surface area contributed by atoms with Crippen molar-refractivity contribution in [2.75, 3.05) is 0 Å².